The predicted molar refractivity (Wildman–Crippen MR) is 110 cm³/mol. The van der Waals surface area contributed by atoms with Crippen molar-refractivity contribution in [1.82, 2.24) is 4.98 Å². The van der Waals surface area contributed by atoms with Crippen LogP contribution in [0.15, 0.2) is 52.9 Å². The van der Waals surface area contributed by atoms with Gasteiger partial charge in [0.2, 0.25) is 5.89 Å². The number of ether oxygens (including phenoxy) is 2. The highest BCUT2D eigenvalue weighted by atomic mass is 16.6. The summed E-state index contributed by atoms with van der Waals surface area (Å²) in [6, 6.07) is 12.8. The third kappa shape index (κ3) is 4.86. The lowest BCUT2D eigenvalue weighted by molar-refractivity contribution is -0.384. The van der Waals surface area contributed by atoms with E-state index in [9.17, 15) is 19.7 Å². The highest BCUT2D eigenvalue weighted by molar-refractivity contribution is 5.98. The summed E-state index contributed by atoms with van der Waals surface area (Å²) < 4.78 is 15.8. The van der Waals surface area contributed by atoms with E-state index in [1.165, 1.54) is 26.2 Å². The van der Waals surface area contributed by atoms with Crippen LogP contribution in [0.2, 0.25) is 0 Å². The fourth-order valence-electron chi connectivity index (χ4n) is 2.70. The lowest BCUT2D eigenvalue weighted by atomic mass is 10.2. The first-order valence-corrected chi connectivity index (χ1v) is 9.17. The first kappa shape index (κ1) is 21.5. The number of nitrogens with zero attached hydrogens (tertiary/aromatic N) is 2. The van der Waals surface area contributed by atoms with Gasteiger partial charge >= 0.3 is 5.97 Å². The van der Waals surface area contributed by atoms with Gasteiger partial charge in [-0.1, -0.05) is 18.2 Å². The summed E-state index contributed by atoms with van der Waals surface area (Å²) >= 11 is 0. The molecule has 0 bridgehead atoms. The summed E-state index contributed by atoms with van der Waals surface area (Å²) in [6.45, 7) is 2.93. The Morgan fingerprint density at radius 1 is 1.19 bits per heavy atom. The maximum atomic E-state index is 12.5. The van der Waals surface area contributed by atoms with Crippen molar-refractivity contribution in [1.29, 1.82) is 0 Å². The van der Waals surface area contributed by atoms with Crippen molar-refractivity contribution in [3.8, 4) is 17.2 Å². The molecule has 3 aromatic rings. The third-order valence-corrected chi connectivity index (χ3v) is 4.32. The molecule has 0 radical (unpaired) electrons. The highest BCUT2D eigenvalue weighted by Crippen LogP contribution is 2.29. The number of anilines is 1. The van der Waals surface area contributed by atoms with E-state index in [0.29, 0.717) is 5.56 Å². The van der Waals surface area contributed by atoms with Gasteiger partial charge in [0.1, 0.15) is 11.5 Å². The number of amides is 1. The molecule has 1 N–H and O–H groups in total. The van der Waals surface area contributed by atoms with Crippen LogP contribution < -0.4 is 10.1 Å². The molecule has 0 aliphatic carbocycles. The molecule has 3 rings (SSSR count). The molecule has 0 saturated heterocycles. The van der Waals surface area contributed by atoms with Crippen LogP contribution in [0, 0.1) is 17.0 Å². The van der Waals surface area contributed by atoms with Gasteiger partial charge in [0, 0.05) is 17.7 Å². The van der Waals surface area contributed by atoms with Gasteiger partial charge in [0.05, 0.1) is 17.7 Å². The van der Waals surface area contributed by atoms with Gasteiger partial charge in [-0.05, 0) is 32.0 Å². The molecule has 1 amide bonds. The molecule has 31 heavy (non-hydrogen) atoms. The van der Waals surface area contributed by atoms with Crippen LogP contribution >= 0.6 is 0 Å². The maximum Gasteiger partial charge on any atom is 0.361 e. The zero-order valence-electron chi connectivity index (χ0n) is 16.9. The molecule has 0 saturated carbocycles. The largest absolute Gasteiger partial charge is 0.495 e. The van der Waals surface area contributed by atoms with Crippen LogP contribution in [0.25, 0.3) is 11.5 Å². The number of esters is 1. The molecule has 2 aromatic carbocycles. The van der Waals surface area contributed by atoms with Gasteiger partial charge in [0.25, 0.3) is 11.6 Å². The van der Waals surface area contributed by atoms with E-state index in [1.54, 1.807) is 19.1 Å². The predicted octanol–water partition coefficient (Wildman–Crippen LogP) is 3.75. The topological polar surface area (TPSA) is 134 Å². The third-order valence-electron chi connectivity index (χ3n) is 4.32. The number of carbonyl (C=O) groups is 2. The number of aryl methyl sites for hydroxylation is 1. The number of hydrogen-bond donors (Lipinski definition) is 1. The van der Waals surface area contributed by atoms with Crippen LogP contribution in [0.1, 0.15) is 23.2 Å². The second kappa shape index (κ2) is 9.08. The van der Waals surface area contributed by atoms with Crippen LogP contribution in [0.5, 0.6) is 5.75 Å². The molecule has 1 heterocycles. The molecule has 1 unspecified atom stereocenters. The minimum absolute atomic E-state index is 0.0496. The Morgan fingerprint density at radius 3 is 2.55 bits per heavy atom. The Morgan fingerprint density at radius 2 is 1.90 bits per heavy atom. The molecule has 1 aromatic heterocycles. The minimum Gasteiger partial charge on any atom is -0.495 e. The van der Waals surface area contributed by atoms with E-state index in [2.05, 4.69) is 10.3 Å². The smallest absolute Gasteiger partial charge is 0.361 e. The Balaban J connectivity index is 1.72. The highest BCUT2D eigenvalue weighted by Gasteiger charge is 2.25. The van der Waals surface area contributed by atoms with Crippen LogP contribution in [0.4, 0.5) is 11.4 Å². The van der Waals surface area contributed by atoms with Crippen LogP contribution in [0.3, 0.4) is 0 Å². The molecule has 0 spiro atoms. The molecule has 10 heteroatoms. The molecular weight excluding hydrogens is 406 g/mol. The fraction of sp³-hybridized carbons (Fsp3) is 0.190. The monoisotopic (exact) mass is 425 g/mol. The van der Waals surface area contributed by atoms with Gasteiger partial charge in [-0.15, -0.1) is 0 Å². The number of oxazole rings is 1. The number of rotatable bonds is 7. The number of benzene rings is 2. The fourth-order valence-corrected chi connectivity index (χ4v) is 2.70. The standard InChI is InChI=1S/C21H19N3O7/c1-12-18(23-20(30-12)14-7-5-4-6-8-14)21(26)31-13(2)19(25)22-16-11-15(24(27)28)9-10-17(16)29-3/h4-11,13H,1-3H3,(H,22,25). The Kier molecular flexibility index (Phi) is 6.29. The summed E-state index contributed by atoms with van der Waals surface area (Å²) in [6.07, 6.45) is -1.22. The molecule has 0 aliphatic rings. The number of nitro benzene ring substituents is 1. The Bertz CT molecular complexity index is 1130. The summed E-state index contributed by atoms with van der Waals surface area (Å²) in [5, 5.41) is 13.4. The quantitative estimate of drug-likeness (QED) is 0.344. The molecule has 10 nitrogen and oxygen atoms in total. The number of carbonyl (C=O) groups excluding carboxylic acids is 2. The van der Waals surface area contributed by atoms with Gasteiger partial charge in [-0.3, -0.25) is 14.9 Å². The van der Waals surface area contributed by atoms with Gasteiger partial charge in [-0.2, -0.15) is 0 Å². The SMILES string of the molecule is COc1ccc([N+](=O)[O-])cc1NC(=O)C(C)OC(=O)c1nc(-c2ccccc2)oc1C. The van der Waals surface area contributed by atoms with Crippen molar-refractivity contribution in [2.75, 3.05) is 12.4 Å². The van der Waals surface area contributed by atoms with Gasteiger partial charge < -0.3 is 19.2 Å². The van der Waals surface area contributed by atoms with Crippen molar-refractivity contribution in [3.05, 3.63) is 70.1 Å². The van der Waals surface area contributed by atoms with Crippen molar-refractivity contribution in [2.45, 2.75) is 20.0 Å². The summed E-state index contributed by atoms with van der Waals surface area (Å²) in [4.78, 5) is 39.5. The van der Waals surface area contributed by atoms with Crippen molar-refractivity contribution < 1.29 is 28.4 Å². The zero-order chi connectivity index (χ0) is 22.5. The molecular formula is C21H19N3O7. The Hall–Kier alpha value is -4.21. The van der Waals surface area contributed by atoms with E-state index >= 15 is 0 Å². The number of hydrogen-bond acceptors (Lipinski definition) is 8. The minimum atomic E-state index is -1.22. The lowest BCUT2D eigenvalue weighted by Gasteiger charge is -2.14. The number of non-ortho nitro benzene ring substituents is 1. The van der Waals surface area contributed by atoms with Gasteiger partial charge in [-0.25, -0.2) is 9.78 Å². The zero-order valence-corrected chi connectivity index (χ0v) is 16.9. The molecule has 1 atom stereocenters. The van der Waals surface area contributed by atoms with E-state index in [1.807, 2.05) is 18.2 Å². The number of aromatic nitrogens is 1. The van der Waals surface area contributed by atoms with Crippen molar-refractivity contribution >= 4 is 23.3 Å². The number of methoxy groups -OCH3 is 1. The summed E-state index contributed by atoms with van der Waals surface area (Å²) in [5.74, 6) is -0.814. The second-order valence-corrected chi connectivity index (χ2v) is 6.47. The normalized spacial score (nSPS) is 11.5. The molecule has 0 fully saturated rings. The lowest BCUT2D eigenvalue weighted by Crippen LogP contribution is -2.30. The molecule has 0 aliphatic heterocycles. The Labute approximate surface area is 177 Å². The van der Waals surface area contributed by atoms with Gasteiger partial charge in [0.15, 0.2) is 11.8 Å². The number of nitro groups is 1. The first-order valence-electron chi connectivity index (χ1n) is 9.17. The van der Waals surface area contributed by atoms with Crippen LogP contribution in [-0.4, -0.2) is 35.0 Å². The average Bonchev–Trinajstić information content (AvgIpc) is 3.16. The first-order chi connectivity index (χ1) is 14.8. The van der Waals surface area contributed by atoms with E-state index in [4.69, 9.17) is 13.9 Å². The van der Waals surface area contributed by atoms with Crippen LogP contribution in [-0.2, 0) is 9.53 Å². The average molecular weight is 425 g/mol. The van der Waals surface area contributed by atoms with Crippen molar-refractivity contribution in [2.24, 2.45) is 0 Å². The molecule has 160 valence electrons. The second-order valence-electron chi connectivity index (χ2n) is 6.47. The number of nitrogens with one attached hydrogen (secondary N) is 1. The van der Waals surface area contributed by atoms with E-state index < -0.39 is 22.9 Å². The van der Waals surface area contributed by atoms with E-state index in [0.717, 1.165) is 6.07 Å². The maximum absolute atomic E-state index is 12.5. The summed E-state index contributed by atoms with van der Waals surface area (Å²) in [5.41, 5.74) is 0.487. The van der Waals surface area contributed by atoms with E-state index in [-0.39, 0.29) is 34.5 Å². The summed E-state index contributed by atoms with van der Waals surface area (Å²) in [7, 11) is 1.36. The van der Waals surface area contributed by atoms with Crippen molar-refractivity contribution in [3.63, 3.8) is 0 Å².